The molecule has 0 aromatic heterocycles. The fourth-order valence-corrected chi connectivity index (χ4v) is 3.35. The number of amides is 1. The van der Waals surface area contributed by atoms with E-state index >= 15 is 0 Å². The zero-order chi connectivity index (χ0) is 18.6. The van der Waals surface area contributed by atoms with Crippen LogP contribution in [0.5, 0.6) is 11.5 Å². The second-order valence-corrected chi connectivity index (χ2v) is 7.08. The van der Waals surface area contributed by atoms with Crippen LogP contribution >= 0.6 is 24.0 Å². The van der Waals surface area contributed by atoms with Crippen LogP contribution in [0.15, 0.2) is 23.1 Å². The molecule has 1 aromatic rings. The van der Waals surface area contributed by atoms with Gasteiger partial charge in [0.25, 0.3) is 5.91 Å². The molecular formula is C17H19NO5S2. The summed E-state index contributed by atoms with van der Waals surface area (Å²) in [6, 6.07) is 5.36. The van der Waals surface area contributed by atoms with Crippen molar-refractivity contribution in [3.63, 3.8) is 0 Å². The summed E-state index contributed by atoms with van der Waals surface area (Å²) in [4.78, 5) is 24.6. The molecule has 8 heteroatoms. The molecule has 1 atom stereocenters. The molecule has 1 amide bonds. The number of carboxylic acid groups (broad SMARTS) is 1. The average molecular weight is 381 g/mol. The first-order chi connectivity index (χ1) is 11.8. The Morgan fingerprint density at radius 1 is 1.44 bits per heavy atom. The first-order valence-corrected chi connectivity index (χ1v) is 8.90. The third-order valence-electron chi connectivity index (χ3n) is 3.56. The summed E-state index contributed by atoms with van der Waals surface area (Å²) in [7, 11) is 1.55. The highest BCUT2D eigenvalue weighted by molar-refractivity contribution is 8.26. The summed E-state index contributed by atoms with van der Waals surface area (Å²) in [5, 5.41) is 8.86. The number of carbonyl (C=O) groups excluding carboxylic acids is 1. The molecule has 1 saturated heterocycles. The molecule has 0 bridgehead atoms. The molecule has 0 saturated carbocycles. The van der Waals surface area contributed by atoms with E-state index in [1.54, 1.807) is 25.3 Å². The predicted molar refractivity (Wildman–Crippen MR) is 101 cm³/mol. The molecule has 134 valence electrons. The quantitative estimate of drug-likeness (QED) is 0.574. The van der Waals surface area contributed by atoms with Crippen LogP contribution in [-0.4, -0.2) is 46.0 Å². The Labute approximate surface area is 155 Å². The van der Waals surface area contributed by atoms with E-state index in [9.17, 15) is 9.59 Å². The fourth-order valence-electron chi connectivity index (χ4n) is 2.09. The van der Waals surface area contributed by atoms with Crippen LogP contribution in [0.4, 0.5) is 0 Å². The number of thiocarbonyl (C=S) groups is 1. The highest BCUT2D eigenvalue weighted by Crippen LogP contribution is 2.35. The smallest absolute Gasteiger partial charge is 0.323 e. The van der Waals surface area contributed by atoms with Crippen LogP contribution < -0.4 is 9.47 Å². The highest BCUT2D eigenvalue weighted by atomic mass is 32.2. The molecule has 0 unspecified atom stereocenters. The van der Waals surface area contributed by atoms with Gasteiger partial charge in [0, 0.05) is 0 Å². The van der Waals surface area contributed by atoms with Crippen LogP contribution in [0.25, 0.3) is 6.08 Å². The van der Waals surface area contributed by atoms with Crippen molar-refractivity contribution < 1.29 is 24.2 Å². The van der Waals surface area contributed by atoms with Crippen LogP contribution in [0.1, 0.15) is 25.8 Å². The van der Waals surface area contributed by atoms with Crippen molar-refractivity contribution in [2.75, 3.05) is 13.7 Å². The number of methoxy groups -OCH3 is 1. The summed E-state index contributed by atoms with van der Waals surface area (Å²) < 4.78 is 11.4. The van der Waals surface area contributed by atoms with Gasteiger partial charge in [0.2, 0.25) is 0 Å². The van der Waals surface area contributed by atoms with Gasteiger partial charge in [0.15, 0.2) is 11.5 Å². The summed E-state index contributed by atoms with van der Waals surface area (Å²) >= 11 is 6.16. The Morgan fingerprint density at radius 2 is 2.16 bits per heavy atom. The number of rotatable bonds is 7. The maximum atomic E-state index is 12.3. The van der Waals surface area contributed by atoms with E-state index in [4.69, 9.17) is 26.8 Å². The van der Waals surface area contributed by atoms with Crippen molar-refractivity contribution in [3.8, 4) is 11.5 Å². The van der Waals surface area contributed by atoms with E-state index < -0.39 is 18.4 Å². The van der Waals surface area contributed by atoms with Gasteiger partial charge in [0.1, 0.15) is 10.9 Å². The molecule has 1 aliphatic heterocycles. The zero-order valence-corrected chi connectivity index (χ0v) is 15.8. The molecule has 2 rings (SSSR count). The van der Waals surface area contributed by atoms with Gasteiger partial charge in [-0.1, -0.05) is 37.0 Å². The van der Waals surface area contributed by atoms with Crippen LogP contribution in [0, 0.1) is 0 Å². The van der Waals surface area contributed by atoms with E-state index in [-0.39, 0.29) is 10.4 Å². The molecule has 0 spiro atoms. The molecule has 0 radical (unpaired) electrons. The number of hydrogen-bond acceptors (Lipinski definition) is 6. The number of carboxylic acids is 1. The van der Waals surface area contributed by atoms with Gasteiger partial charge in [-0.2, -0.15) is 0 Å². The highest BCUT2D eigenvalue weighted by Gasteiger charge is 2.33. The second-order valence-electron chi connectivity index (χ2n) is 5.41. The zero-order valence-electron chi connectivity index (χ0n) is 14.1. The minimum atomic E-state index is -1.11. The predicted octanol–water partition coefficient (Wildman–Crippen LogP) is 3.16. The van der Waals surface area contributed by atoms with E-state index in [2.05, 4.69) is 0 Å². The first kappa shape index (κ1) is 19.3. The van der Waals surface area contributed by atoms with Gasteiger partial charge >= 0.3 is 5.97 Å². The minimum Gasteiger partial charge on any atom is -0.493 e. The molecular weight excluding hydrogens is 362 g/mol. The molecule has 1 aliphatic rings. The third-order valence-corrected chi connectivity index (χ3v) is 4.93. The van der Waals surface area contributed by atoms with Gasteiger partial charge in [-0.25, -0.2) is 0 Å². The maximum Gasteiger partial charge on any atom is 0.323 e. The average Bonchev–Trinajstić information content (AvgIpc) is 2.83. The largest absolute Gasteiger partial charge is 0.493 e. The Balaban J connectivity index is 2.25. The lowest BCUT2D eigenvalue weighted by Gasteiger charge is -2.15. The molecule has 25 heavy (non-hydrogen) atoms. The molecule has 1 aromatic carbocycles. The van der Waals surface area contributed by atoms with Crippen molar-refractivity contribution in [1.82, 2.24) is 4.90 Å². The molecule has 0 aliphatic carbocycles. The number of carbonyl (C=O) groups is 2. The van der Waals surface area contributed by atoms with Crippen molar-refractivity contribution in [2.45, 2.75) is 26.4 Å². The van der Waals surface area contributed by atoms with E-state index in [1.807, 2.05) is 19.9 Å². The topological polar surface area (TPSA) is 76.1 Å². The van der Waals surface area contributed by atoms with Crippen LogP contribution in [-0.2, 0) is 9.59 Å². The van der Waals surface area contributed by atoms with Crippen molar-refractivity contribution >= 4 is 46.3 Å². The number of nitrogens with zero attached hydrogens (tertiary/aromatic N) is 1. The standard InChI is InChI=1S/C17H19NO5S2/c1-4-10(2)23-12-6-5-11(7-13(12)22-3)8-14-16(21)18(9-15(19)20)17(24)25-14/h5-8,10H,4,9H2,1-3H3,(H,19,20)/b14-8+/t10-/m1/s1. The third kappa shape index (κ3) is 4.73. The number of thioether (sulfide) groups is 1. The Hall–Kier alpha value is -2.06. The fraction of sp³-hybridized carbons (Fsp3) is 0.353. The monoisotopic (exact) mass is 381 g/mol. The maximum absolute atomic E-state index is 12.3. The normalized spacial score (nSPS) is 17.1. The summed E-state index contributed by atoms with van der Waals surface area (Å²) in [6.07, 6.45) is 2.60. The lowest BCUT2D eigenvalue weighted by Crippen LogP contribution is -2.33. The van der Waals surface area contributed by atoms with Gasteiger partial charge < -0.3 is 14.6 Å². The van der Waals surface area contributed by atoms with Gasteiger partial charge in [-0.05, 0) is 37.1 Å². The molecule has 1 N–H and O–H groups in total. The minimum absolute atomic E-state index is 0.0621. The van der Waals surface area contributed by atoms with Crippen molar-refractivity contribution in [3.05, 3.63) is 28.7 Å². The van der Waals surface area contributed by atoms with Gasteiger partial charge in [-0.15, -0.1) is 0 Å². The van der Waals surface area contributed by atoms with E-state index in [0.29, 0.717) is 16.4 Å². The van der Waals surface area contributed by atoms with Crippen molar-refractivity contribution in [1.29, 1.82) is 0 Å². The molecule has 6 nitrogen and oxygen atoms in total. The number of benzene rings is 1. The lowest BCUT2D eigenvalue weighted by atomic mass is 10.1. The SMILES string of the molecule is CC[C@@H](C)Oc1ccc(/C=C2/SC(=S)N(CC(=O)O)C2=O)cc1OC. The lowest BCUT2D eigenvalue weighted by molar-refractivity contribution is -0.140. The van der Waals surface area contributed by atoms with Gasteiger partial charge in [0.05, 0.1) is 18.1 Å². The summed E-state index contributed by atoms with van der Waals surface area (Å²) in [5.74, 6) is -0.315. The number of hydrogen-bond donors (Lipinski definition) is 1. The summed E-state index contributed by atoms with van der Waals surface area (Å²) in [5.41, 5.74) is 0.740. The Morgan fingerprint density at radius 3 is 2.76 bits per heavy atom. The van der Waals surface area contributed by atoms with Crippen LogP contribution in [0.3, 0.4) is 0 Å². The second kappa shape index (κ2) is 8.35. The van der Waals surface area contributed by atoms with E-state index in [0.717, 1.165) is 28.6 Å². The van der Waals surface area contributed by atoms with E-state index in [1.165, 1.54) is 0 Å². The Bertz CT molecular complexity index is 732. The number of aliphatic carboxylic acids is 1. The van der Waals surface area contributed by atoms with Crippen LogP contribution in [0.2, 0.25) is 0 Å². The Kier molecular flexibility index (Phi) is 6.44. The molecule has 1 heterocycles. The van der Waals surface area contributed by atoms with Crippen molar-refractivity contribution in [2.24, 2.45) is 0 Å². The number of ether oxygens (including phenoxy) is 2. The summed E-state index contributed by atoms with van der Waals surface area (Å²) in [6.45, 7) is 3.57. The first-order valence-electron chi connectivity index (χ1n) is 7.67. The van der Waals surface area contributed by atoms with Gasteiger partial charge in [-0.3, -0.25) is 14.5 Å². The molecule has 1 fully saturated rings.